The average Bonchev–Trinajstić information content (AvgIpc) is 2.32. The van der Waals surface area contributed by atoms with Crippen molar-refractivity contribution in [2.75, 3.05) is 5.32 Å². The van der Waals surface area contributed by atoms with E-state index in [0.29, 0.717) is 11.3 Å². The number of phenols is 1. The number of H-pyrrole nitrogens is 1. The second-order valence-electron chi connectivity index (χ2n) is 4.05. The lowest BCUT2D eigenvalue weighted by Crippen LogP contribution is -2.15. The van der Waals surface area contributed by atoms with E-state index in [2.05, 4.69) is 10.3 Å². The highest BCUT2D eigenvalue weighted by molar-refractivity contribution is 6.06. The Labute approximate surface area is 108 Å². The second-order valence-corrected chi connectivity index (χ2v) is 4.05. The first-order chi connectivity index (χ1) is 8.97. The Morgan fingerprint density at radius 2 is 2.00 bits per heavy atom. The molecular weight excluding hydrogens is 248 g/mol. The highest BCUT2D eigenvalue weighted by Gasteiger charge is 2.12. The van der Waals surface area contributed by atoms with Crippen molar-refractivity contribution in [3.63, 3.8) is 0 Å². The summed E-state index contributed by atoms with van der Waals surface area (Å²) in [6.45, 7) is 1.72. The molecule has 0 fully saturated rings. The van der Waals surface area contributed by atoms with Crippen LogP contribution in [0.1, 0.15) is 15.9 Å². The largest absolute Gasteiger partial charge is 0.508 e. The fraction of sp³-hybridized carbons (Fsp3) is 0.0769. The van der Waals surface area contributed by atoms with E-state index in [1.165, 1.54) is 12.1 Å². The SMILES string of the molecule is Cc1cc(O)ccc1NC(=O)c1c[nH]c(=O)cc1O. The van der Waals surface area contributed by atoms with Gasteiger partial charge in [0.2, 0.25) is 0 Å². The molecule has 1 amide bonds. The Hall–Kier alpha value is -2.76. The Morgan fingerprint density at radius 3 is 2.63 bits per heavy atom. The van der Waals surface area contributed by atoms with Crippen molar-refractivity contribution in [1.29, 1.82) is 0 Å². The van der Waals surface area contributed by atoms with Crippen LogP contribution in [0.5, 0.6) is 11.5 Å². The Balaban J connectivity index is 2.28. The summed E-state index contributed by atoms with van der Waals surface area (Å²) in [6, 6.07) is 5.42. The van der Waals surface area contributed by atoms with Gasteiger partial charge in [-0.25, -0.2) is 0 Å². The number of aromatic hydroxyl groups is 2. The molecule has 19 heavy (non-hydrogen) atoms. The molecule has 1 aromatic carbocycles. The predicted octanol–water partition coefficient (Wildman–Crippen LogP) is 1.35. The van der Waals surface area contributed by atoms with Gasteiger partial charge in [-0.2, -0.15) is 0 Å². The van der Waals surface area contributed by atoms with Crippen LogP contribution in [0.3, 0.4) is 0 Å². The fourth-order valence-corrected chi connectivity index (χ4v) is 1.62. The van der Waals surface area contributed by atoms with Gasteiger partial charge in [-0.15, -0.1) is 0 Å². The van der Waals surface area contributed by atoms with Crippen molar-refractivity contribution in [1.82, 2.24) is 4.98 Å². The van der Waals surface area contributed by atoms with E-state index in [9.17, 15) is 19.8 Å². The summed E-state index contributed by atoms with van der Waals surface area (Å²) in [7, 11) is 0. The summed E-state index contributed by atoms with van der Waals surface area (Å²) in [5.41, 5.74) is 0.660. The highest BCUT2D eigenvalue weighted by atomic mass is 16.3. The van der Waals surface area contributed by atoms with Gasteiger partial charge in [0.05, 0.1) is 5.56 Å². The molecule has 2 rings (SSSR count). The quantitative estimate of drug-likeness (QED) is 0.612. The maximum absolute atomic E-state index is 11.9. The van der Waals surface area contributed by atoms with Crippen molar-refractivity contribution in [2.24, 2.45) is 0 Å². The first-order valence-corrected chi connectivity index (χ1v) is 5.50. The predicted molar refractivity (Wildman–Crippen MR) is 69.5 cm³/mol. The number of pyridine rings is 1. The van der Waals surface area contributed by atoms with Gasteiger partial charge in [-0.05, 0) is 30.7 Å². The summed E-state index contributed by atoms with van der Waals surface area (Å²) in [4.78, 5) is 25.2. The van der Waals surface area contributed by atoms with E-state index >= 15 is 0 Å². The topological polar surface area (TPSA) is 102 Å². The first kappa shape index (κ1) is 12.7. The highest BCUT2D eigenvalue weighted by Crippen LogP contribution is 2.22. The number of carbonyl (C=O) groups is 1. The zero-order valence-corrected chi connectivity index (χ0v) is 10.1. The lowest BCUT2D eigenvalue weighted by Gasteiger charge is -2.09. The minimum atomic E-state index is -0.553. The van der Waals surface area contributed by atoms with E-state index in [-0.39, 0.29) is 11.3 Å². The number of phenolic OH excluding ortho intramolecular Hbond substituents is 1. The van der Waals surface area contributed by atoms with Gasteiger partial charge < -0.3 is 20.5 Å². The normalized spacial score (nSPS) is 10.2. The molecule has 1 aromatic heterocycles. The summed E-state index contributed by atoms with van der Waals surface area (Å²) < 4.78 is 0. The third-order valence-corrected chi connectivity index (χ3v) is 2.61. The molecule has 0 aliphatic heterocycles. The van der Waals surface area contributed by atoms with Gasteiger partial charge in [0.25, 0.3) is 11.5 Å². The number of hydrogen-bond donors (Lipinski definition) is 4. The van der Waals surface area contributed by atoms with Crippen LogP contribution in [-0.2, 0) is 0 Å². The van der Waals surface area contributed by atoms with Gasteiger partial charge in [0, 0.05) is 18.0 Å². The van der Waals surface area contributed by atoms with Crippen LogP contribution in [0.2, 0.25) is 0 Å². The Morgan fingerprint density at radius 1 is 1.26 bits per heavy atom. The molecule has 0 atom stereocenters. The third kappa shape index (κ3) is 2.74. The number of rotatable bonds is 2. The van der Waals surface area contributed by atoms with Gasteiger partial charge in [0.1, 0.15) is 11.5 Å². The van der Waals surface area contributed by atoms with Crippen LogP contribution >= 0.6 is 0 Å². The lowest BCUT2D eigenvalue weighted by molar-refractivity contribution is 0.102. The maximum atomic E-state index is 11.9. The van der Waals surface area contributed by atoms with Gasteiger partial charge in [-0.3, -0.25) is 9.59 Å². The van der Waals surface area contributed by atoms with Crippen LogP contribution < -0.4 is 10.9 Å². The van der Waals surface area contributed by atoms with Crippen LogP contribution in [0.15, 0.2) is 35.3 Å². The zero-order chi connectivity index (χ0) is 14.0. The van der Waals surface area contributed by atoms with Gasteiger partial charge in [-0.1, -0.05) is 0 Å². The number of hydrogen-bond acceptors (Lipinski definition) is 4. The Kier molecular flexibility index (Phi) is 3.24. The molecular formula is C13H12N2O4. The summed E-state index contributed by atoms with van der Waals surface area (Å²) >= 11 is 0. The Bertz CT molecular complexity index is 691. The van der Waals surface area contributed by atoms with Crippen molar-refractivity contribution in [3.8, 4) is 11.5 Å². The minimum absolute atomic E-state index is 0.0351. The van der Waals surface area contributed by atoms with Crippen molar-refractivity contribution >= 4 is 11.6 Å². The molecule has 0 saturated carbocycles. The molecule has 0 spiro atoms. The molecule has 0 bridgehead atoms. The van der Waals surface area contributed by atoms with Crippen molar-refractivity contribution in [2.45, 2.75) is 6.92 Å². The summed E-state index contributed by atoms with van der Waals surface area (Å²) in [5, 5.41) is 21.4. The van der Waals surface area contributed by atoms with Crippen LogP contribution in [0.25, 0.3) is 0 Å². The van der Waals surface area contributed by atoms with Crippen LogP contribution in [-0.4, -0.2) is 21.1 Å². The number of amides is 1. The lowest BCUT2D eigenvalue weighted by atomic mass is 10.1. The van der Waals surface area contributed by atoms with E-state index in [4.69, 9.17) is 0 Å². The summed E-state index contributed by atoms with van der Waals surface area (Å²) in [5.74, 6) is -0.845. The van der Waals surface area contributed by atoms with Crippen LogP contribution in [0, 0.1) is 6.92 Å². The smallest absolute Gasteiger partial charge is 0.260 e. The molecule has 1 heterocycles. The third-order valence-electron chi connectivity index (χ3n) is 2.61. The number of aromatic amines is 1. The number of aryl methyl sites for hydroxylation is 1. The molecule has 2 aromatic rings. The first-order valence-electron chi connectivity index (χ1n) is 5.50. The molecule has 0 aliphatic rings. The molecule has 0 saturated heterocycles. The zero-order valence-electron chi connectivity index (χ0n) is 10.1. The van der Waals surface area contributed by atoms with Gasteiger partial charge in [0.15, 0.2) is 0 Å². The number of carbonyl (C=O) groups excluding carboxylic acids is 1. The van der Waals surface area contributed by atoms with E-state index in [1.807, 2.05) is 0 Å². The maximum Gasteiger partial charge on any atom is 0.260 e. The molecule has 98 valence electrons. The van der Waals surface area contributed by atoms with Crippen LogP contribution in [0.4, 0.5) is 5.69 Å². The second kappa shape index (κ2) is 4.85. The molecule has 4 N–H and O–H groups in total. The minimum Gasteiger partial charge on any atom is -0.508 e. The average molecular weight is 260 g/mol. The monoisotopic (exact) mass is 260 g/mol. The molecule has 6 nitrogen and oxygen atoms in total. The number of anilines is 1. The fourth-order valence-electron chi connectivity index (χ4n) is 1.62. The molecule has 6 heteroatoms. The number of aromatic nitrogens is 1. The molecule has 0 aliphatic carbocycles. The standard InChI is InChI=1S/C13H12N2O4/c1-7-4-8(16)2-3-10(7)15-13(19)9-6-14-12(18)5-11(9)17/h2-6,16H,1H3,(H,15,19)(H2,14,17,18). The number of nitrogens with one attached hydrogen (secondary N) is 2. The molecule has 0 unspecified atom stereocenters. The molecule has 0 radical (unpaired) electrons. The van der Waals surface area contributed by atoms with E-state index in [1.54, 1.807) is 13.0 Å². The summed E-state index contributed by atoms with van der Waals surface area (Å²) in [6.07, 6.45) is 1.14. The van der Waals surface area contributed by atoms with Gasteiger partial charge >= 0.3 is 0 Å². The van der Waals surface area contributed by atoms with E-state index in [0.717, 1.165) is 12.3 Å². The number of benzene rings is 1. The van der Waals surface area contributed by atoms with E-state index < -0.39 is 17.2 Å². The van der Waals surface area contributed by atoms with Crippen molar-refractivity contribution < 1.29 is 15.0 Å². The van der Waals surface area contributed by atoms with Crippen molar-refractivity contribution in [3.05, 3.63) is 51.9 Å².